The number of rotatable bonds is 4. The van der Waals surface area contributed by atoms with E-state index in [4.69, 9.17) is 4.74 Å². The van der Waals surface area contributed by atoms with Crippen LogP contribution < -0.4 is 5.32 Å². The van der Waals surface area contributed by atoms with E-state index >= 15 is 0 Å². The van der Waals surface area contributed by atoms with E-state index in [9.17, 15) is 26.4 Å². The van der Waals surface area contributed by atoms with Crippen LogP contribution in [0.3, 0.4) is 0 Å². The van der Waals surface area contributed by atoms with Gasteiger partial charge in [-0.2, -0.15) is 21.6 Å². The van der Waals surface area contributed by atoms with Crippen LogP contribution in [-0.4, -0.2) is 31.6 Å². The predicted octanol–water partition coefficient (Wildman–Crippen LogP) is 3.54. The van der Waals surface area contributed by atoms with Crippen molar-refractivity contribution in [3.05, 3.63) is 36.2 Å². The highest BCUT2D eigenvalue weighted by atomic mass is 32.2. The van der Waals surface area contributed by atoms with Crippen molar-refractivity contribution >= 4 is 16.1 Å². The maximum atomic E-state index is 12.8. The molecule has 1 aliphatic heterocycles. The van der Waals surface area contributed by atoms with Crippen molar-refractivity contribution in [2.24, 2.45) is 11.8 Å². The van der Waals surface area contributed by atoms with E-state index in [0.29, 0.717) is 5.70 Å². The zero-order valence-electron chi connectivity index (χ0n) is 15.8. The molecule has 10 heteroatoms. The molecule has 2 rings (SSSR count). The quantitative estimate of drug-likeness (QED) is 0.423. The third kappa shape index (κ3) is 5.84. The van der Waals surface area contributed by atoms with Crippen molar-refractivity contribution in [2.75, 3.05) is 0 Å². The van der Waals surface area contributed by atoms with E-state index in [1.165, 1.54) is 0 Å². The summed E-state index contributed by atoms with van der Waals surface area (Å²) in [5.74, 6) is -1.79. The molecule has 0 aromatic rings. The van der Waals surface area contributed by atoms with E-state index in [0.717, 1.165) is 0 Å². The normalized spacial score (nSPS) is 26.2. The number of carbonyl (C=O) groups excluding carboxylic acids is 1. The second-order valence-electron chi connectivity index (χ2n) is 7.69. The Morgan fingerprint density at radius 3 is 2.43 bits per heavy atom. The Morgan fingerprint density at radius 2 is 1.82 bits per heavy atom. The summed E-state index contributed by atoms with van der Waals surface area (Å²) in [6.07, 6.45) is 7.24. The molecule has 3 unspecified atom stereocenters. The number of allylic oxidation sites excluding steroid dienone is 4. The lowest BCUT2D eigenvalue weighted by atomic mass is 9.77. The van der Waals surface area contributed by atoms with Gasteiger partial charge in [-0.05, 0) is 52.2 Å². The molecule has 28 heavy (non-hydrogen) atoms. The summed E-state index contributed by atoms with van der Waals surface area (Å²) in [6.45, 7) is 5.16. The molecule has 6 nitrogen and oxygen atoms in total. The molecule has 0 aromatic heterocycles. The molecule has 1 N–H and O–H groups in total. The number of nitrogens with one attached hydrogen (secondary N) is 1. The van der Waals surface area contributed by atoms with Crippen LogP contribution in [-0.2, 0) is 23.8 Å². The minimum Gasteiger partial charge on any atom is -0.460 e. The van der Waals surface area contributed by atoms with Gasteiger partial charge in [-0.15, -0.1) is 0 Å². The Morgan fingerprint density at radius 1 is 1.14 bits per heavy atom. The van der Waals surface area contributed by atoms with Gasteiger partial charge in [0.25, 0.3) is 0 Å². The molecule has 3 atom stereocenters. The number of halogens is 3. The maximum Gasteiger partial charge on any atom is 0.523 e. The van der Waals surface area contributed by atoms with Crippen LogP contribution in [0, 0.1) is 11.8 Å². The molecule has 2 aliphatic rings. The predicted molar refractivity (Wildman–Crippen MR) is 96.0 cm³/mol. The van der Waals surface area contributed by atoms with Crippen LogP contribution in [0.1, 0.15) is 40.0 Å². The van der Waals surface area contributed by atoms with Gasteiger partial charge in [0.2, 0.25) is 0 Å². The van der Waals surface area contributed by atoms with Gasteiger partial charge in [-0.3, -0.25) is 8.98 Å². The Labute approximate surface area is 162 Å². The molecule has 0 amide bonds. The number of alkyl halides is 3. The standard InChI is InChI=1S/C18H24F3NO5S/c1-17(2,3)26-16(23)12-8-9-15(27-28(24,25)18(19,20)21)13(11-12)14-7-5-4-6-10-22-14/h4-7,10,12-13,15,22H,8-9,11H2,1-3H3. The minimum absolute atomic E-state index is 0.0314. The first-order valence-corrected chi connectivity index (χ1v) is 10.2. The van der Waals surface area contributed by atoms with E-state index in [1.54, 1.807) is 51.3 Å². The van der Waals surface area contributed by atoms with Crippen molar-refractivity contribution in [2.45, 2.75) is 57.2 Å². The second-order valence-corrected chi connectivity index (χ2v) is 9.26. The zero-order chi connectivity index (χ0) is 21.2. The van der Waals surface area contributed by atoms with Gasteiger partial charge >= 0.3 is 21.6 Å². The van der Waals surface area contributed by atoms with Gasteiger partial charge < -0.3 is 10.1 Å². The molecule has 1 saturated carbocycles. The van der Waals surface area contributed by atoms with Gasteiger partial charge in [0, 0.05) is 17.8 Å². The van der Waals surface area contributed by atoms with Crippen molar-refractivity contribution < 1.29 is 35.3 Å². The van der Waals surface area contributed by atoms with Gasteiger partial charge in [-0.1, -0.05) is 12.2 Å². The molecule has 0 saturated heterocycles. The second kappa shape index (κ2) is 8.28. The number of hydrogen-bond acceptors (Lipinski definition) is 6. The average Bonchev–Trinajstić information content (AvgIpc) is 2.81. The van der Waals surface area contributed by atoms with E-state index < -0.39 is 45.1 Å². The molecule has 0 aromatic carbocycles. The monoisotopic (exact) mass is 423 g/mol. The maximum absolute atomic E-state index is 12.8. The third-order valence-corrected chi connectivity index (χ3v) is 5.37. The molecule has 158 valence electrons. The summed E-state index contributed by atoms with van der Waals surface area (Å²) < 4.78 is 71.3. The van der Waals surface area contributed by atoms with Crippen molar-refractivity contribution in [1.29, 1.82) is 0 Å². The first-order chi connectivity index (χ1) is 12.8. The summed E-state index contributed by atoms with van der Waals surface area (Å²) in [5.41, 5.74) is -5.74. The Hall–Kier alpha value is -1.81. The summed E-state index contributed by atoms with van der Waals surface area (Å²) in [5, 5.41) is 2.92. The summed E-state index contributed by atoms with van der Waals surface area (Å²) >= 11 is 0. The van der Waals surface area contributed by atoms with Crippen molar-refractivity contribution in [3.63, 3.8) is 0 Å². The lowest BCUT2D eigenvalue weighted by Gasteiger charge is -2.36. The topological polar surface area (TPSA) is 81.7 Å². The molecular weight excluding hydrogens is 399 g/mol. The summed E-state index contributed by atoms with van der Waals surface area (Å²) in [6, 6.07) is 0. The largest absolute Gasteiger partial charge is 0.523 e. The van der Waals surface area contributed by atoms with Crippen LogP contribution >= 0.6 is 0 Å². The van der Waals surface area contributed by atoms with Gasteiger partial charge in [0.15, 0.2) is 0 Å². The smallest absolute Gasteiger partial charge is 0.460 e. The van der Waals surface area contributed by atoms with Crippen molar-refractivity contribution in [3.8, 4) is 0 Å². The fraction of sp³-hybridized carbons (Fsp3) is 0.611. The minimum atomic E-state index is -5.75. The Bertz CT molecular complexity index is 778. The first kappa shape index (κ1) is 22.5. The van der Waals surface area contributed by atoms with Crippen LogP contribution in [0.15, 0.2) is 36.2 Å². The lowest BCUT2D eigenvalue weighted by Crippen LogP contribution is -2.42. The Balaban J connectivity index is 2.26. The third-order valence-electron chi connectivity index (χ3n) is 4.30. The van der Waals surface area contributed by atoms with Crippen LogP contribution in [0.25, 0.3) is 0 Å². The fourth-order valence-corrected chi connectivity index (χ4v) is 3.77. The molecule has 0 radical (unpaired) electrons. The highest BCUT2D eigenvalue weighted by molar-refractivity contribution is 7.87. The highest BCUT2D eigenvalue weighted by Crippen LogP contribution is 2.39. The van der Waals surface area contributed by atoms with E-state index in [2.05, 4.69) is 9.50 Å². The molecule has 1 fully saturated rings. The van der Waals surface area contributed by atoms with Gasteiger partial charge in [0.05, 0.1) is 12.0 Å². The van der Waals surface area contributed by atoms with E-state index in [-0.39, 0.29) is 19.3 Å². The van der Waals surface area contributed by atoms with Crippen LogP contribution in [0.4, 0.5) is 13.2 Å². The first-order valence-electron chi connectivity index (χ1n) is 8.82. The van der Waals surface area contributed by atoms with Crippen LogP contribution in [0.5, 0.6) is 0 Å². The van der Waals surface area contributed by atoms with Crippen molar-refractivity contribution in [1.82, 2.24) is 5.32 Å². The number of carbonyl (C=O) groups is 1. The molecule has 0 bridgehead atoms. The number of esters is 1. The van der Waals surface area contributed by atoms with Crippen LogP contribution in [0.2, 0.25) is 0 Å². The lowest BCUT2D eigenvalue weighted by molar-refractivity contribution is -0.162. The molecular formula is C18H24F3NO5S. The number of ether oxygens (including phenoxy) is 1. The summed E-state index contributed by atoms with van der Waals surface area (Å²) in [7, 11) is -5.75. The summed E-state index contributed by atoms with van der Waals surface area (Å²) in [4.78, 5) is 12.4. The molecule has 0 spiro atoms. The Kier molecular flexibility index (Phi) is 6.65. The SMILES string of the molecule is CC(C)(C)OC(=O)C1CCC(OS(=O)(=O)C(F)(F)F)C(C2=CC=CC=CN2)C1. The molecule has 1 aliphatic carbocycles. The number of hydrogen-bond donors (Lipinski definition) is 1. The fourth-order valence-electron chi connectivity index (χ4n) is 3.10. The molecule has 1 heterocycles. The van der Waals surface area contributed by atoms with Gasteiger partial charge in [-0.25, -0.2) is 0 Å². The average molecular weight is 423 g/mol. The van der Waals surface area contributed by atoms with Gasteiger partial charge in [0.1, 0.15) is 5.60 Å². The van der Waals surface area contributed by atoms with E-state index in [1.807, 2.05) is 0 Å². The zero-order valence-corrected chi connectivity index (χ0v) is 16.6. The highest BCUT2D eigenvalue weighted by Gasteiger charge is 2.50.